The van der Waals surface area contributed by atoms with Crippen LogP contribution >= 0.6 is 0 Å². The Morgan fingerprint density at radius 1 is 1.38 bits per heavy atom. The van der Waals surface area contributed by atoms with Crippen LogP contribution in [0.3, 0.4) is 0 Å². The Morgan fingerprint density at radius 3 is 2.38 bits per heavy atom. The Kier molecular flexibility index (Phi) is 4.43. The molecule has 0 aliphatic rings. The average molecular weight is 221 g/mol. The second-order valence-corrected chi connectivity index (χ2v) is 4.20. The lowest BCUT2D eigenvalue weighted by atomic mass is 10.2. The van der Waals surface area contributed by atoms with Crippen molar-refractivity contribution >= 4 is 5.91 Å². The summed E-state index contributed by atoms with van der Waals surface area (Å²) in [5.74, 6) is -0.0215. The van der Waals surface area contributed by atoms with Crippen molar-refractivity contribution < 1.29 is 4.79 Å². The zero-order valence-corrected chi connectivity index (χ0v) is 10.1. The van der Waals surface area contributed by atoms with Gasteiger partial charge in [0, 0.05) is 25.0 Å². The van der Waals surface area contributed by atoms with Gasteiger partial charge in [0.1, 0.15) is 0 Å². The van der Waals surface area contributed by atoms with Gasteiger partial charge in [-0.15, -0.1) is 0 Å². The third-order valence-electron chi connectivity index (χ3n) is 2.40. The molecule has 0 aromatic carbocycles. The summed E-state index contributed by atoms with van der Waals surface area (Å²) < 4.78 is 0. The monoisotopic (exact) mass is 221 g/mol. The Hall–Kier alpha value is -1.42. The second kappa shape index (κ2) is 5.61. The van der Waals surface area contributed by atoms with Gasteiger partial charge in [-0.2, -0.15) is 0 Å². The predicted molar refractivity (Wildman–Crippen MR) is 63.6 cm³/mol. The highest BCUT2D eigenvalue weighted by Gasteiger charge is 2.20. The number of rotatable bonds is 4. The van der Waals surface area contributed by atoms with Crippen LogP contribution in [0.2, 0.25) is 0 Å². The molecule has 16 heavy (non-hydrogen) atoms. The largest absolute Gasteiger partial charge is 0.335 e. The molecule has 0 spiro atoms. The van der Waals surface area contributed by atoms with Crippen LogP contribution in [0.25, 0.3) is 0 Å². The van der Waals surface area contributed by atoms with E-state index in [0.717, 1.165) is 5.56 Å². The molecule has 1 atom stereocenters. The number of aromatic nitrogens is 1. The summed E-state index contributed by atoms with van der Waals surface area (Å²) in [7, 11) is 0. The van der Waals surface area contributed by atoms with Gasteiger partial charge in [-0.3, -0.25) is 9.78 Å². The summed E-state index contributed by atoms with van der Waals surface area (Å²) in [6.07, 6.45) is 3.45. The molecule has 0 saturated heterocycles. The predicted octanol–water partition coefficient (Wildman–Crippen LogP) is 1.17. The highest BCUT2D eigenvalue weighted by Crippen LogP contribution is 2.08. The van der Waals surface area contributed by atoms with Crippen LogP contribution in [0.4, 0.5) is 0 Å². The first-order valence-electron chi connectivity index (χ1n) is 5.47. The van der Waals surface area contributed by atoms with Crippen LogP contribution in [0.1, 0.15) is 26.3 Å². The van der Waals surface area contributed by atoms with E-state index in [1.165, 1.54) is 0 Å². The molecule has 1 aromatic heterocycles. The Labute approximate surface area is 96.5 Å². The molecule has 4 heteroatoms. The summed E-state index contributed by atoms with van der Waals surface area (Å²) in [6.45, 7) is 6.27. The summed E-state index contributed by atoms with van der Waals surface area (Å²) in [5.41, 5.74) is 6.69. The molecule has 4 nitrogen and oxygen atoms in total. The average Bonchev–Trinajstić information content (AvgIpc) is 2.26. The van der Waals surface area contributed by atoms with Crippen LogP contribution in [-0.2, 0) is 11.3 Å². The van der Waals surface area contributed by atoms with Gasteiger partial charge in [-0.05, 0) is 38.5 Å². The molecule has 0 fully saturated rings. The number of pyridine rings is 1. The molecule has 1 heterocycles. The minimum atomic E-state index is -0.454. The van der Waals surface area contributed by atoms with Gasteiger partial charge in [0.2, 0.25) is 5.91 Å². The minimum Gasteiger partial charge on any atom is -0.335 e. The molecule has 1 aromatic rings. The van der Waals surface area contributed by atoms with Crippen molar-refractivity contribution in [2.24, 2.45) is 5.73 Å². The van der Waals surface area contributed by atoms with E-state index in [9.17, 15) is 4.79 Å². The number of nitrogens with zero attached hydrogens (tertiary/aromatic N) is 2. The molecule has 88 valence electrons. The smallest absolute Gasteiger partial charge is 0.239 e. The topological polar surface area (TPSA) is 59.2 Å². The molecular weight excluding hydrogens is 202 g/mol. The molecule has 2 N–H and O–H groups in total. The zero-order valence-electron chi connectivity index (χ0n) is 10.1. The van der Waals surface area contributed by atoms with E-state index in [2.05, 4.69) is 4.98 Å². The number of hydrogen-bond acceptors (Lipinski definition) is 3. The van der Waals surface area contributed by atoms with E-state index < -0.39 is 6.04 Å². The van der Waals surface area contributed by atoms with Crippen molar-refractivity contribution in [1.82, 2.24) is 9.88 Å². The molecule has 0 aliphatic heterocycles. The third-order valence-corrected chi connectivity index (χ3v) is 2.40. The van der Waals surface area contributed by atoms with Crippen molar-refractivity contribution in [1.29, 1.82) is 0 Å². The Bertz CT molecular complexity index is 335. The first-order chi connectivity index (χ1) is 7.52. The lowest BCUT2D eigenvalue weighted by Crippen LogP contribution is -2.45. The molecule has 0 saturated carbocycles. The molecule has 1 amide bonds. The number of amides is 1. The van der Waals surface area contributed by atoms with E-state index in [1.54, 1.807) is 24.2 Å². The minimum absolute atomic E-state index is 0.0215. The molecule has 0 bridgehead atoms. The van der Waals surface area contributed by atoms with Crippen LogP contribution in [-0.4, -0.2) is 27.9 Å². The first-order valence-corrected chi connectivity index (χ1v) is 5.47. The third kappa shape index (κ3) is 3.31. The fourth-order valence-corrected chi connectivity index (χ4v) is 1.46. The van der Waals surface area contributed by atoms with Gasteiger partial charge in [0.25, 0.3) is 0 Å². The zero-order chi connectivity index (χ0) is 12.1. The standard InChI is InChI=1S/C12H19N3O/c1-9(2)15(12(16)10(3)13)8-11-4-6-14-7-5-11/h4-7,9-10H,8,13H2,1-3H3/t10-/m0/s1. The van der Waals surface area contributed by atoms with Crippen molar-refractivity contribution in [3.8, 4) is 0 Å². The van der Waals surface area contributed by atoms with Crippen molar-refractivity contribution in [2.75, 3.05) is 0 Å². The van der Waals surface area contributed by atoms with Gasteiger partial charge < -0.3 is 10.6 Å². The number of nitrogens with two attached hydrogens (primary N) is 1. The van der Waals surface area contributed by atoms with E-state index in [-0.39, 0.29) is 11.9 Å². The fraction of sp³-hybridized carbons (Fsp3) is 0.500. The molecule has 0 aliphatic carbocycles. The summed E-state index contributed by atoms with van der Waals surface area (Å²) in [4.78, 5) is 17.6. The van der Waals surface area contributed by atoms with Gasteiger partial charge in [0.15, 0.2) is 0 Å². The van der Waals surface area contributed by atoms with E-state index in [4.69, 9.17) is 5.73 Å². The molecular formula is C12H19N3O. The normalized spacial score (nSPS) is 12.6. The number of hydrogen-bond donors (Lipinski definition) is 1. The van der Waals surface area contributed by atoms with E-state index in [1.807, 2.05) is 26.0 Å². The maximum absolute atomic E-state index is 11.9. The molecule has 1 rings (SSSR count). The summed E-state index contributed by atoms with van der Waals surface area (Å²) in [6, 6.07) is 3.50. The first kappa shape index (κ1) is 12.6. The SMILES string of the molecule is CC(C)N(Cc1ccncc1)C(=O)[C@H](C)N. The summed E-state index contributed by atoms with van der Waals surface area (Å²) in [5, 5.41) is 0. The van der Waals surface area contributed by atoms with Crippen LogP contribution < -0.4 is 5.73 Å². The molecule has 0 unspecified atom stereocenters. The fourth-order valence-electron chi connectivity index (χ4n) is 1.46. The van der Waals surface area contributed by atoms with Crippen LogP contribution in [0.5, 0.6) is 0 Å². The van der Waals surface area contributed by atoms with Crippen LogP contribution in [0.15, 0.2) is 24.5 Å². The van der Waals surface area contributed by atoms with Crippen molar-refractivity contribution in [3.63, 3.8) is 0 Å². The molecule has 0 radical (unpaired) electrons. The number of carbonyl (C=O) groups excluding carboxylic acids is 1. The lowest BCUT2D eigenvalue weighted by Gasteiger charge is -2.28. The maximum Gasteiger partial charge on any atom is 0.239 e. The van der Waals surface area contributed by atoms with Gasteiger partial charge in [-0.1, -0.05) is 0 Å². The van der Waals surface area contributed by atoms with Crippen LogP contribution in [0, 0.1) is 0 Å². The maximum atomic E-state index is 11.9. The Balaban J connectivity index is 2.77. The highest BCUT2D eigenvalue weighted by atomic mass is 16.2. The van der Waals surface area contributed by atoms with Crippen molar-refractivity contribution in [3.05, 3.63) is 30.1 Å². The second-order valence-electron chi connectivity index (χ2n) is 4.20. The highest BCUT2D eigenvalue weighted by molar-refractivity contribution is 5.81. The van der Waals surface area contributed by atoms with E-state index >= 15 is 0 Å². The quantitative estimate of drug-likeness (QED) is 0.830. The van der Waals surface area contributed by atoms with Gasteiger partial charge in [0.05, 0.1) is 6.04 Å². The summed E-state index contributed by atoms with van der Waals surface area (Å²) >= 11 is 0. The number of carbonyl (C=O) groups is 1. The van der Waals surface area contributed by atoms with E-state index in [0.29, 0.717) is 6.54 Å². The lowest BCUT2D eigenvalue weighted by molar-refractivity contribution is -0.134. The Morgan fingerprint density at radius 2 is 1.94 bits per heavy atom. The van der Waals surface area contributed by atoms with Crippen molar-refractivity contribution in [2.45, 2.75) is 39.4 Å². The van der Waals surface area contributed by atoms with Gasteiger partial charge in [-0.25, -0.2) is 0 Å². The van der Waals surface area contributed by atoms with Gasteiger partial charge >= 0.3 is 0 Å².